The predicted octanol–water partition coefficient (Wildman–Crippen LogP) is 7.72. The van der Waals surface area contributed by atoms with E-state index in [9.17, 15) is 37.5 Å². The number of anilines is 2. The van der Waals surface area contributed by atoms with Crippen LogP contribution in [0, 0.1) is 5.41 Å². The SMILES string of the molecule is CN(CCN1CCN(C(=O)O)C(C(C)(C)C)C1)C(=O)c1cccc(C(=O)Nc2ccc(N3CCCCC3)cc2-c2cc(C(=O)NCc3cccc(C(F)(F)F)c3)ccn2)c1. The maximum atomic E-state index is 13.9. The number of benzene rings is 3. The molecule has 3 N–H and O–H groups in total. The average molecular weight is 828 g/mol. The van der Waals surface area contributed by atoms with Gasteiger partial charge in [0.25, 0.3) is 17.7 Å². The highest BCUT2D eigenvalue weighted by molar-refractivity contribution is 6.08. The number of carbonyl (C=O) groups excluding carboxylic acids is 3. The van der Waals surface area contributed by atoms with Crippen molar-refractivity contribution in [1.82, 2.24) is 25.0 Å². The third-order valence-electron chi connectivity index (χ3n) is 11.2. The van der Waals surface area contributed by atoms with Crippen molar-refractivity contribution < 1.29 is 37.5 Å². The molecule has 2 fully saturated rings. The molecule has 0 bridgehead atoms. The molecule has 1 unspecified atom stereocenters. The highest BCUT2D eigenvalue weighted by Gasteiger charge is 2.38. The Bertz CT molecular complexity index is 2200. The van der Waals surface area contributed by atoms with Gasteiger partial charge < -0.3 is 30.4 Å². The lowest BCUT2D eigenvalue weighted by Crippen LogP contribution is -2.60. The first-order chi connectivity index (χ1) is 28.5. The Morgan fingerprint density at radius 3 is 2.27 bits per heavy atom. The molecule has 318 valence electrons. The highest BCUT2D eigenvalue weighted by Crippen LogP contribution is 2.34. The fraction of sp³-hybridized carbons (Fsp3) is 0.400. The lowest BCUT2D eigenvalue weighted by atomic mass is 9.84. The van der Waals surface area contributed by atoms with Crippen LogP contribution in [0.4, 0.5) is 29.3 Å². The van der Waals surface area contributed by atoms with Gasteiger partial charge in [0, 0.05) is 93.5 Å². The van der Waals surface area contributed by atoms with Gasteiger partial charge in [-0.05, 0) is 90.9 Å². The smallest absolute Gasteiger partial charge is 0.416 e. The third kappa shape index (κ3) is 10.8. The number of hydrogen-bond donors (Lipinski definition) is 3. The van der Waals surface area contributed by atoms with Crippen molar-refractivity contribution in [3.63, 3.8) is 0 Å². The molecule has 4 amide bonds. The minimum absolute atomic E-state index is 0.118. The van der Waals surface area contributed by atoms with E-state index in [4.69, 9.17) is 0 Å². The quantitative estimate of drug-likeness (QED) is 0.140. The van der Waals surface area contributed by atoms with E-state index < -0.39 is 29.6 Å². The number of nitrogens with zero attached hydrogens (tertiary/aromatic N) is 5. The van der Waals surface area contributed by atoms with Gasteiger partial charge in [-0.2, -0.15) is 13.2 Å². The van der Waals surface area contributed by atoms with Crippen molar-refractivity contribution in [3.05, 3.63) is 113 Å². The first kappa shape index (κ1) is 43.6. The normalized spacial score (nSPS) is 16.3. The first-order valence-corrected chi connectivity index (χ1v) is 20.2. The Labute approximate surface area is 348 Å². The number of aromatic nitrogens is 1. The largest absolute Gasteiger partial charge is 0.465 e. The Morgan fingerprint density at radius 1 is 0.833 bits per heavy atom. The molecule has 2 aliphatic heterocycles. The highest BCUT2D eigenvalue weighted by atomic mass is 19.4. The van der Waals surface area contributed by atoms with Crippen molar-refractivity contribution in [1.29, 1.82) is 0 Å². The Morgan fingerprint density at radius 2 is 1.55 bits per heavy atom. The van der Waals surface area contributed by atoms with Gasteiger partial charge in [-0.15, -0.1) is 0 Å². The summed E-state index contributed by atoms with van der Waals surface area (Å²) in [7, 11) is 1.70. The lowest BCUT2D eigenvalue weighted by Gasteiger charge is -2.46. The molecule has 0 radical (unpaired) electrons. The van der Waals surface area contributed by atoms with Crippen molar-refractivity contribution in [3.8, 4) is 11.3 Å². The molecule has 0 saturated carbocycles. The molecule has 1 aromatic heterocycles. The number of carbonyl (C=O) groups is 4. The zero-order chi connectivity index (χ0) is 43.2. The number of alkyl halides is 3. The Kier molecular flexibility index (Phi) is 13.5. The topological polar surface area (TPSA) is 138 Å². The van der Waals surface area contributed by atoms with Crippen LogP contribution in [0.5, 0.6) is 0 Å². The molecule has 12 nitrogen and oxygen atoms in total. The second-order valence-electron chi connectivity index (χ2n) is 16.5. The van der Waals surface area contributed by atoms with E-state index in [1.165, 1.54) is 29.3 Å². The summed E-state index contributed by atoms with van der Waals surface area (Å²) in [5.41, 5.74) is 2.39. The van der Waals surface area contributed by atoms with Crippen LogP contribution in [0.3, 0.4) is 0 Å². The summed E-state index contributed by atoms with van der Waals surface area (Å²) in [6, 6.07) is 19.8. The molecular formula is C45H52F3N7O5. The zero-order valence-corrected chi connectivity index (χ0v) is 34.4. The summed E-state index contributed by atoms with van der Waals surface area (Å²) in [4.78, 5) is 64.7. The van der Waals surface area contributed by atoms with E-state index >= 15 is 0 Å². The maximum absolute atomic E-state index is 13.9. The first-order valence-electron chi connectivity index (χ1n) is 20.2. The summed E-state index contributed by atoms with van der Waals surface area (Å²) in [6.07, 6.45) is -0.748. The number of piperazine rings is 1. The number of halogens is 3. The monoisotopic (exact) mass is 827 g/mol. The van der Waals surface area contributed by atoms with Crippen LogP contribution in [0.25, 0.3) is 11.3 Å². The zero-order valence-electron chi connectivity index (χ0n) is 34.4. The number of amides is 4. The number of hydrogen-bond acceptors (Lipinski definition) is 7. The number of nitrogens with one attached hydrogen (secondary N) is 2. The molecule has 2 saturated heterocycles. The minimum Gasteiger partial charge on any atom is -0.465 e. The summed E-state index contributed by atoms with van der Waals surface area (Å²) < 4.78 is 39.8. The molecular weight excluding hydrogens is 776 g/mol. The summed E-state index contributed by atoms with van der Waals surface area (Å²) in [6.45, 7) is 10.2. The van der Waals surface area contributed by atoms with Gasteiger partial charge >= 0.3 is 12.3 Å². The van der Waals surface area contributed by atoms with Gasteiger partial charge in [0.1, 0.15) is 0 Å². The maximum Gasteiger partial charge on any atom is 0.416 e. The van der Waals surface area contributed by atoms with Gasteiger partial charge in [-0.25, -0.2) is 4.79 Å². The predicted molar refractivity (Wildman–Crippen MR) is 224 cm³/mol. The molecule has 60 heavy (non-hydrogen) atoms. The van der Waals surface area contributed by atoms with Gasteiger partial charge in [-0.3, -0.25) is 24.3 Å². The molecule has 0 aliphatic carbocycles. The summed E-state index contributed by atoms with van der Waals surface area (Å²) in [5.74, 6) is -1.23. The van der Waals surface area contributed by atoms with E-state index in [0.717, 1.165) is 50.2 Å². The Balaban J connectivity index is 1.17. The van der Waals surface area contributed by atoms with Gasteiger partial charge in [0.2, 0.25) is 0 Å². The molecule has 15 heteroatoms. The van der Waals surface area contributed by atoms with Crippen molar-refractivity contribution in [2.45, 2.75) is 58.8 Å². The van der Waals surface area contributed by atoms with Gasteiger partial charge in [-0.1, -0.05) is 39.0 Å². The third-order valence-corrected chi connectivity index (χ3v) is 11.2. The second-order valence-corrected chi connectivity index (χ2v) is 16.5. The summed E-state index contributed by atoms with van der Waals surface area (Å²) in [5, 5.41) is 15.4. The van der Waals surface area contributed by atoms with Gasteiger partial charge in [0.05, 0.1) is 23.0 Å². The van der Waals surface area contributed by atoms with Crippen LogP contribution in [-0.4, -0.2) is 108 Å². The number of carboxylic acid groups (broad SMARTS) is 1. The fourth-order valence-electron chi connectivity index (χ4n) is 7.68. The molecule has 0 spiro atoms. The van der Waals surface area contributed by atoms with Crippen LogP contribution in [0.15, 0.2) is 85.1 Å². The van der Waals surface area contributed by atoms with Crippen molar-refractivity contribution in [2.75, 3.05) is 63.1 Å². The molecule has 4 aromatic rings. The lowest BCUT2D eigenvalue weighted by molar-refractivity contribution is -0.137. The fourth-order valence-corrected chi connectivity index (χ4v) is 7.68. The molecule has 1 atom stereocenters. The number of likely N-dealkylation sites (N-methyl/N-ethyl adjacent to an activating group) is 1. The summed E-state index contributed by atoms with van der Waals surface area (Å²) >= 11 is 0. The second kappa shape index (κ2) is 18.5. The minimum atomic E-state index is -4.51. The van der Waals surface area contributed by atoms with Crippen LogP contribution >= 0.6 is 0 Å². The van der Waals surface area contributed by atoms with Crippen LogP contribution < -0.4 is 15.5 Å². The van der Waals surface area contributed by atoms with E-state index in [2.05, 4.69) is 25.4 Å². The number of piperidine rings is 1. The van der Waals surface area contributed by atoms with E-state index in [0.29, 0.717) is 60.8 Å². The van der Waals surface area contributed by atoms with Crippen LogP contribution in [0.2, 0.25) is 0 Å². The number of rotatable bonds is 11. The molecule has 6 rings (SSSR count). The molecule has 3 heterocycles. The van der Waals surface area contributed by atoms with E-state index in [-0.39, 0.29) is 35.0 Å². The standard InChI is InChI=1S/C45H52F3N7O5/c1-44(2,3)39-29-53(22-23-55(39)43(59)60)21-20-52(4)42(58)33-12-9-11-31(25-33)41(57)51-37-15-14-35(54-18-6-5-7-19-54)27-36(37)38-26-32(16-17-49-38)40(56)50-28-30-10-8-13-34(24-30)45(46,47)48/h8-17,24-27,39H,5-7,18-23,28-29H2,1-4H3,(H,50,56)(H,51,57)(H,59,60). The van der Waals surface area contributed by atoms with E-state index in [1.807, 2.05) is 32.9 Å². The Hall–Kier alpha value is -5.96. The molecule has 2 aliphatic rings. The van der Waals surface area contributed by atoms with Crippen LogP contribution in [-0.2, 0) is 12.7 Å². The van der Waals surface area contributed by atoms with Crippen LogP contribution in [0.1, 0.15) is 82.2 Å². The average Bonchev–Trinajstić information content (AvgIpc) is 3.24. The number of pyridine rings is 1. The van der Waals surface area contributed by atoms with E-state index in [1.54, 1.807) is 48.3 Å². The van der Waals surface area contributed by atoms with Crippen molar-refractivity contribution in [2.24, 2.45) is 5.41 Å². The van der Waals surface area contributed by atoms with Gasteiger partial charge in [0.15, 0.2) is 0 Å². The van der Waals surface area contributed by atoms with Crippen molar-refractivity contribution >= 4 is 35.2 Å². The molecule has 3 aromatic carbocycles.